The predicted octanol–water partition coefficient (Wildman–Crippen LogP) is 2.68. The molecule has 0 spiro atoms. The van der Waals surface area contributed by atoms with Crippen LogP contribution in [0.15, 0.2) is 48.5 Å². The van der Waals surface area contributed by atoms with Gasteiger partial charge in [0.2, 0.25) is 0 Å². The highest BCUT2D eigenvalue weighted by molar-refractivity contribution is 5.93. The Kier molecular flexibility index (Phi) is 3.80. The largest absolute Gasteiger partial charge is 0.399 e. The Labute approximate surface area is 111 Å². The zero-order valence-corrected chi connectivity index (χ0v) is 10.6. The number of nitrogens with zero attached hydrogens (tertiary/aromatic N) is 1. The van der Waals surface area contributed by atoms with Crippen molar-refractivity contribution in [3.05, 3.63) is 65.5 Å². The third-order valence-corrected chi connectivity index (χ3v) is 2.84. The number of nitrogen functional groups attached to an aromatic ring is 1. The number of nitrogens with two attached hydrogens (primary N) is 1. The number of carbonyl (C=O) groups is 1. The van der Waals surface area contributed by atoms with E-state index < -0.39 is 0 Å². The number of hydrogen-bond acceptors (Lipinski definition) is 2. The van der Waals surface area contributed by atoms with Crippen molar-refractivity contribution in [1.29, 1.82) is 0 Å². The first-order valence-electron chi connectivity index (χ1n) is 5.92. The van der Waals surface area contributed by atoms with Gasteiger partial charge in [-0.2, -0.15) is 0 Å². The van der Waals surface area contributed by atoms with Gasteiger partial charge in [0.1, 0.15) is 5.82 Å². The lowest BCUT2D eigenvalue weighted by Gasteiger charge is -2.17. The molecule has 3 nitrogen and oxygen atoms in total. The monoisotopic (exact) mass is 258 g/mol. The van der Waals surface area contributed by atoms with E-state index in [-0.39, 0.29) is 11.7 Å². The van der Waals surface area contributed by atoms with Crippen molar-refractivity contribution in [2.24, 2.45) is 0 Å². The average molecular weight is 258 g/mol. The van der Waals surface area contributed by atoms with Gasteiger partial charge in [0, 0.05) is 24.8 Å². The lowest BCUT2D eigenvalue weighted by Crippen LogP contribution is -2.26. The predicted molar refractivity (Wildman–Crippen MR) is 73.1 cm³/mol. The molecule has 98 valence electrons. The van der Waals surface area contributed by atoms with Crippen LogP contribution in [0.25, 0.3) is 0 Å². The molecule has 4 heteroatoms. The normalized spacial score (nSPS) is 10.2. The molecule has 2 rings (SSSR count). The molecule has 0 saturated carbocycles. The summed E-state index contributed by atoms with van der Waals surface area (Å²) in [5.41, 5.74) is 7.76. The fraction of sp³-hybridized carbons (Fsp3) is 0.133. The minimum absolute atomic E-state index is 0.142. The summed E-state index contributed by atoms with van der Waals surface area (Å²) in [7, 11) is 1.71. The van der Waals surface area contributed by atoms with E-state index in [1.807, 2.05) is 12.1 Å². The number of amides is 1. The van der Waals surface area contributed by atoms with E-state index in [4.69, 9.17) is 5.73 Å². The van der Waals surface area contributed by atoms with Crippen molar-refractivity contribution in [1.82, 2.24) is 4.90 Å². The van der Waals surface area contributed by atoms with Crippen molar-refractivity contribution in [3.8, 4) is 0 Å². The number of rotatable bonds is 3. The van der Waals surface area contributed by atoms with Crippen LogP contribution in [0, 0.1) is 5.82 Å². The lowest BCUT2D eigenvalue weighted by atomic mass is 10.1. The van der Waals surface area contributed by atoms with E-state index >= 15 is 0 Å². The van der Waals surface area contributed by atoms with Gasteiger partial charge in [-0.1, -0.05) is 12.1 Å². The third-order valence-electron chi connectivity index (χ3n) is 2.84. The minimum Gasteiger partial charge on any atom is -0.399 e. The second kappa shape index (κ2) is 5.52. The second-order valence-electron chi connectivity index (χ2n) is 4.41. The SMILES string of the molecule is CN(Cc1ccc(N)cc1)C(=O)c1ccc(F)cc1. The van der Waals surface area contributed by atoms with Crippen LogP contribution in [-0.4, -0.2) is 17.9 Å². The Hall–Kier alpha value is -2.36. The van der Waals surface area contributed by atoms with Crippen LogP contribution in [0.4, 0.5) is 10.1 Å². The molecule has 0 aliphatic carbocycles. The van der Waals surface area contributed by atoms with Crippen LogP contribution >= 0.6 is 0 Å². The Balaban J connectivity index is 2.07. The van der Waals surface area contributed by atoms with Crippen molar-refractivity contribution in [2.75, 3.05) is 12.8 Å². The van der Waals surface area contributed by atoms with E-state index in [9.17, 15) is 9.18 Å². The highest BCUT2D eigenvalue weighted by atomic mass is 19.1. The molecule has 2 aromatic carbocycles. The van der Waals surface area contributed by atoms with Gasteiger partial charge >= 0.3 is 0 Å². The zero-order valence-electron chi connectivity index (χ0n) is 10.6. The molecule has 1 amide bonds. The summed E-state index contributed by atoms with van der Waals surface area (Å²) >= 11 is 0. The van der Waals surface area contributed by atoms with Gasteiger partial charge in [0.05, 0.1) is 0 Å². The first-order valence-corrected chi connectivity index (χ1v) is 5.92. The fourth-order valence-corrected chi connectivity index (χ4v) is 1.78. The van der Waals surface area contributed by atoms with Gasteiger partial charge in [0.15, 0.2) is 0 Å². The van der Waals surface area contributed by atoms with Crippen molar-refractivity contribution in [3.63, 3.8) is 0 Å². The van der Waals surface area contributed by atoms with Gasteiger partial charge in [-0.05, 0) is 42.0 Å². The van der Waals surface area contributed by atoms with E-state index in [2.05, 4.69) is 0 Å². The van der Waals surface area contributed by atoms with Crippen LogP contribution in [0.1, 0.15) is 15.9 Å². The molecular weight excluding hydrogens is 243 g/mol. The highest BCUT2D eigenvalue weighted by Crippen LogP contribution is 2.11. The van der Waals surface area contributed by atoms with Crippen LogP contribution in [-0.2, 0) is 6.54 Å². The molecule has 0 aliphatic heterocycles. The van der Waals surface area contributed by atoms with Gasteiger partial charge in [0.25, 0.3) is 5.91 Å². The summed E-state index contributed by atoms with van der Waals surface area (Å²) < 4.78 is 12.8. The summed E-state index contributed by atoms with van der Waals surface area (Å²) in [5.74, 6) is -0.491. The Bertz CT molecular complexity index is 564. The summed E-state index contributed by atoms with van der Waals surface area (Å²) in [6.07, 6.45) is 0. The van der Waals surface area contributed by atoms with E-state index in [0.29, 0.717) is 17.8 Å². The summed E-state index contributed by atoms with van der Waals surface area (Å²) in [6.45, 7) is 0.483. The standard InChI is InChI=1S/C15H15FN2O/c1-18(10-11-2-8-14(17)9-3-11)15(19)12-4-6-13(16)7-5-12/h2-9H,10,17H2,1H3. The Morgan fingerprint density at radius 3 is 2.26 bits per heavy atom. The summed E-state index contributed by atoms with van der Waals surface area (Å²) in [4.78, 5) is 13.7. The molecule has 2 aromatic rings. The van der Waals surface area contributed by atoms with Gasteiger partial charge in [-0.15, -0.1) is 0 Å². The molecule has 19 heavy (non-hydrogen) atoms. The van der Waals surface area contributed by atoms with Crippen molar-refractivity contribution < 1.29 is 9.18 Å². The number of anilines is 1. The topological polar surface area (TPSA) is 46.3 Å². The molecule has 0 heterocycles. The van der Waals surface area contributed by atoms with Crippen LogP contribution in [0.3, 0.4) is 0 Å². The molecule has 0 aliphatic rings. The quantitative estimate of drug-likeness (QED) is 0.860. The first kappa shape index (κ1) is 13.1. The molecule has 0 atom stereocenters. The van der Waals surface area contributed by atoms with Gasteiger partial charge in [-0.3, -0.25) is 4.79 Å². The van der Waals surface area contributed by atoms with Crippen molar-refractivity contribution in [2.45, 2.75) is 6.54 Å². The fourth-order valence-electron chi connectivity index (χ4n) is 1.78. The maximum absolute atomic E-state index is 12.8. The molecule has 0 fully saturated rings. The lowest BCUT2D eigenvalue weighted by molar-refractivity contribution is 0.0785. The van der Waals surface area contributed by atoms with Crippen molar-refractivity contribution >= 4 is 11.6 Å². The molecular formula is C15H15FN2O. The van der Waals surface area contributed by atoms with E-state index in [1.165, 1.54) is 24.3 Å². The highest BCUT2D eigenvalue weighted by Gasteiger charge is 2.11. The number of benzene rings is 2. The molecule has 0 aromatic heterocycles. The van der Waals surface area contributed by atoms with Crippen LogP contribution in [0.5, 0.6) is 0 Å². The maximum atomic E-state index is 12.8. The maximum Gasteiger partial charge on any atom is 0.253 e. The molecule has 2 N–H and O–H groups in total. The van der Waals surface area contributed by atoms with Crippen LogP contribution in [0.2, 0.25) is 0 Å². The average Bonchev–Trinajstić information content (AvgIpc) is 2.41. The Morgan fingerprint density at radius 1 is 1.11 bits per heavy atom. The van der Waals surface area contributed by atoms with Gasteiger partial charge < -0.3 is 10.6 Å². The van der Waals surface area contributed by atoms with Crippen LogP contribution < -0.4 is 5.73 Å². The van der Waals surface area contributed by atoms with E-state index in [0.717, 1.165) is 5.56 Å². The number of halogens is 1. The molecule has 0 bridgehead atoms. The van der Waals surface area contributed by atoms with Gasteiger partial charge in [-0.25, -0.2) is 4.39 Å². The number of hydrogen-bond donors (Lipinski definition) is 1. The zero-order chi connectivity index (χ0) is 13.8. The second-order valence-corrected chi connectivity index (χ2v) is 4.41. The first-order chi connectivity index (χ1) is 9.06. The molecule has 0 radical (unpaired) electrons. The Morgan fingerprint density at radius 2 is 1.68 bits per heavy atom. The summed E-state index contributed by atoms with van der Waals surface area (Å²) in [6, 6.07) is 12.9. The third kappa shape index (κ3) is 3.31. The minimum atomic E-state index is -0.349. The van der Waals surface area contributed by atoms with E-state index in [1.54, 1.807) is 24.1 Å². The molecule has 0 saturated heterocycles. The number of carbonyl (C=O) groups excluding carboxylic acids is 1. The summed E-state index contributed by atoms with van der Waals surface area (Å²) in [5, 5.41) is 0. The molecule has 0 unspecified atom stereocenters. The smallest absolute Gasteiger partial charge is 0.253 e.